The number of guanidine groups is 1. The minimum Gasteiger partial charge on any atom is -0.486 e. The topological polar surface area (TPSA) is 84.0 Å². The quantitative estimate of drug-likeness (QED) is 0.232. The molecule has 1 heterocycles. The molecule has 7 nitrogen and oxygen atoms in total. The maximum atomic E-state index is 12.1. The number of nitrogens with one attached hydrogen (secondary N) is 3. The third kappa shape index (κ3) is 6.67. The Kier molecular flexibility index (Phi) is 9.33. The van der Waals surface area contributed by atoms with E-state index in [1.54, 1.807) is 31.3 Å². The molecular formula is C20H24ClIN4O3. The first-order valence-electron chi connectivity index (χ1n) is 9.03. The lowest BCUT2D eigenvalue weighted by atomic mass is 10.2. The lowest BCUT2D eigenvalue weighted by Crippen LogP contribution is -2.46. The molecule has 156 valence electrons. The normalized spacial score (nSPS) is 15.1. The number of carbonyl (C=O) groups is 1. The molecule has 0 aliphatic carbocycles. The molecule has 0 spiro atoms. The molecule has 0 fully saturated rings. The molecule has 2 aromatic carbocycles. The van der Waals surface area contributed by atoms with E-state index >= 15 is 0 Å². The number of benzene rings is 2. The lowest BCUT2D eigenvalue weighted by molar-refractivity contribution is 0.0936. The SMILES string of the molecule is CN=C(NCCNC(=O)c1ccccc1Cl)NCC1COc2ccccc2O1.I. The summed E-state index contributed by atoms with van der Waals surface area (Å²) in [5, 5.41) is 9.60. The molecule has 1 atom stereocenters. The Bertz CT molecular complexity index is 850. The van der Waals surface area contributed by atoms with Gasteiger partial charge in [-0.2, -0.15) is 0 Å². The highest BCUT2D eigenvalue weighted by atomic mass is 127. The molecule has 0 radical (unpaired) electrons. The van der Waals surface area contributed by atoms with E-state index in [4.69, 9.17) is 21.1 Å². The first-order chi connectivity index (χ1) is 13.7. The summed E-state index contributed by atoms with van der Waals surface area (Å²) in [6.45, 7) is 1.96. The highest BCUT2D eigenvalue weighted by Gasteiger charge is 2.20. The molecule has 0 bridgehead atoms. The van der Waals surface area contributed by atoms with E-state index < -0.39 is 0 Å². The zero-order valence-corrected chi connectivity index (χ0v) is 19.1. The minimum absolute atomic E-state index is 0. The van der Waals surface area contributed by atoms with E-state index in [9.17, 15) is 4.79 Å². The summed E-state index contributed by atoms with van der Waals surface area (Å²) in [5.74, 6) is 1.91. The van der Waals surface area contributed by atoms with Crippen molar-refractivity contribution in [3.05, 3.63) is 59.1 Å². The van der Waals surface area contributed by atoms with E-state index in [-0.39, 0.29) is 36.0 Å². The molecule has 2 aromatic rings. The number of halogens is 2. The van der Waals surface area contributed by atoms with Crippen LogP contribution in [0, 0.1) is 0 Å². The summed E-state index contributed by atoms with van der Waals surface area (Å²) in [7, 11) is 1.69. The summed E-state index contributed by atoms with van der Waals surface area (Å²) in [6.07, 6.45) is -0.117. The van der Waals surface area contributed by atoms with Crippen molar-refractivity contribution in [3.63, 3.8) is 0 Å². The summed E-state index contributed by atoms with van der Waals surface area (Å²) < 4.78 is 11.6. The zero-order valence-electron chi connectivity index (χ0n) is 16.0. The van der Waals surface area contributed by atoms with Crippen molar-refractivity contribution in [2.45, 2.75) is 6.10 Å². The third-order valence-corrected chi connectivity index (χ3v) is 4.44. The maximum absolute atomic E-state index is 12.1. The lowest BCUT2D eigenvalue weighted by Gasteiger charge is -2.27. The van der Waals surface area contributed by atoms with Crippen LogP contribution in [0.1, 0.15) is 10.4 Å². The van der Waals surface area contributed by atoms with Crippen LogP contribution < -0.4 is 25.4 Å². The van der Waals surface area contributed by atoms with Gasteiger partial charge in [-0.05, 0) is 24.3 Å². The molecule has 0 saturated carbocycles. The van der Waals surface area contributed by atoms with Crippen molar-refractivity contribution in [1.82, 2.24) is 16.0 Å². The maximum Gasteiger partial charge on any atom is 0.252 e. The van der Waals surface area contributed by atoms with Gasteiger partial charge in [0.2, 0.25) is 0 Å². The number of para-hydroxylation sites is 2. The van der Waals surface area contributed by atoms with E-state index in [1.165, 1.54) is 0 Å². The average molecular weight is 531 g/mol. The Hall–Kier alpha value is -2.20. The van der Waals surface area contributed by atoms with Crippen molar-refractivity contribution in [2.24, 2.45) is 4.99 Å². The zero-order chi connectivity index (χ0) is 19.8. The van der Waals surface area contributed by atoms with Crippen molar-refractivity contribution in [2.75, 3.05) is 33.3 Å². The molecule has 1 unspecified atom stereocenters. The second-order valence-electron chi connectivity index (χ2n) is 6.11. The molecule has 1 aliphatic rings. The fourth-order valence-electron chi connectivity index (χ4n) is 2.69. The number of carbonyl (C=O) groups excluding carboxylic acids is 1. The third-order valence-electron chi connectivity index (χ3n) is 4.11. The van der Waals surface area contributed by atoms with Gasteiger partial charge in [0.15, 0.2) is 17.5 Å². The van der Waals surface area contributed by atoms with Crippen molar-refractivity contribution in [3.8, 4) is 11.5 Å². The van der Waals surface area contributed by atoms with Crippen LogP contribution in [0.25, 0.3) is 0 Å². The van der Waals surface area contributed by atoms with Gasteiger partial charge in [-0.1, -0.05) is 35.9 Å². The van der Waals surface area contributed by atoms with Crippen molar-refractivity contribution < 1.29 is 14.3 Å². The fraction of sp³-hybridized carbons (Fsp3) is 0.300. The van der Waals surface area contributed by atoms with Crippen LogP contribution >= 0.6 is 35.6 Å². The molecular weight excluding hydrogens is 507 g/mol. The van der Waals surface area contributed by atoms with Crippen LogP contribution in [0.2, 0.25) is 5.02 Å². The number of hydrogen-bond donors (Lipinski definition) is 3. The predicted octanol–water partition coefficient (Wildman–Crippen LogP) is 2.69. The van der Waals surface area contributed by atoms with Crippen LogP contribution in [-0.2, 0) is 0 Å². The number of rotatable bonds is 6. The first kappa shape index (κ1) is 23.1. The van der Waals surface area contributed by atoms with Gasteiger partial charge >= 0.3 is 0 Å². The van der Waals surface area contributed by atoms with E-state index in [0.29, 0.717) is 42.8 Å². The average Bonchev–Trinajstić information content (AvgIpc) is 2.73. The Morgan fingerprint density at radius 1 is 1.07 bits per heavy atom. The Morgan fingerprint density at radius 2 is 1.76 bits per heavy atom. The molecule has 3 N–H and O–H groups in total. The van der Waals surface area contributed by atoms with Gasteiger partial charge < -0.3 is 25.4 Å². The summed E-state index contributed by atoms with van der Waals surface area (Å²) in [4.78, 5) is 16.3. The van der Waals surface area contributed by atoms with Crippen LogP contribution in [-0.4, -0.2) is 51.3 Å². The largest absolute Gasteiger partial charge is 0.486 e. The van der Waals surface area contributed by atoms with Gasteiger partial charge in [0.1, 0.15) is 12.7 Å². The highest BCUT2D eigenvalue weighted by molar-refractivity contribution is 14.0. The van der Waals surface area contributed by atoms with Gasteiger partial charge in [0.05, 0.1) is 17.1 Å². The molecule has 1 amide bonds. The Balaban J connectivity index is 0.00000300. The molecule has 1 aliphatic heterocycles. The smallest absolute Gasteiger partial charge is 0.252 e. The van der Waals surface area contributed by atoms with Crippen molar-refractivity contribution >= 4 is 47.4 Å². The number of aliphatic imine (C=N–C) groups is 1. The first-order valence-corrected chi connectivity index (χ1v) is 9.41. The molecule has 0 saturated heterocycles. The number of hydrogen-bond acceptors (Lipinski definition) is 4. The summed E-state index contributed by atoms with van der Waals surface area (Å²) >= 11 is 6.02. The number of amides is 1. The summed E-state index contributed by atoms with van der Waals surface area (Å²) in [5.41, 5.74) is 0.460. The molecule has 29 heavy (non-hydrogen) atoms. The van der Waals surface area contributed by atoms with Crippen LogP contribution in [0.5, 0.6) is 11.5 Å². The van der Waals surface area contributed by atoms with Gasteiger partial charge in [0.25, 0.3) is 5.91 Å². The Morgan fingerprint density at radius 3 is 2.52 bits per heavy atom. The van der Waals surface area contributed by atoms with Crippen LogP contribution in [0.15, 0.2) is 53.5 Å². The summed E-state index contributed by atoms with van der Waals surface area (Å²) in [6, 6.07) is 14.5. The van der Waals surface area contributed by atoms with Gasteiger partial charge in [0, 0.05) is 20.1 Å². The van der Waals surface area contributed by atoms with Gasteiger partial charge in [-0.15, -0.1) is 24.0 Å². The van der Waals surface area contributed by atoms with E-state index in [0.717, 1.165) is 11.5 Å². The number of nitrogens with zero attached hydrogens (tertiary/aromatic N) is 1. The Labute approximate surface area is 192 Å². The van der Waals surface area contributed by atoms with Gasteiger partial charge in [-0.3, -0.25) is 9.79 Å². The predicted molar refractivity (Wildman–Crippen MR) is 125 cm³/mol. The standard InChI is InChI=1S/C20H23ClN4O3.HI/c1-22-20(24-11-10-23-19(26)15-6-2-3-7-16(15)21)25-12-14-13-27-17-8-4-5-9-18(17)28-14;/h2-9,14H,10-13H2,1H3,(H,23,26)(H2,22,24,25);1H. The monoisotopic (exact) mass is 530 g/mol. The second-order valence-corrected chi connectivity index (χ2v) is 6.52. The highest BCUT2D eigenvalue weighted by Crippen LogP contribution is 2.30. The molecule has 3 rings (SSSR count). The van der Waals surface area contributed by atoms with Gasteiger partial charge in [-0.25, -0.2) is 0 Å². The minimum atomic E-state index is -0.207. The van der Waals surface area contributed by atoms with Crippen molar-refractivity contribution in [1.29, 1.82) is 0 Å². The number of ether oxygens (including phenoxy) is 2. The van der Waals surface area contributed by atoms with E-state index in [1.807, 2.05) is 24.3 Å². The molecule has 9 heteroatoms. The van der Waals surface area contributed by atoms with E-state index in [2.05, 4.69) is 20.9 Å². The fourth-order valence-corrected chi connectivity index (χ4v) is 2.91. The van der Waals surface area contributed by atoms with Crippen LogP contribution in [0.4, 0.5) is 0 Å². The molecule has 0 aromatic heterocycles. The van der Waals surface area contributed by atoms with Crippen LogP contribution in [0.3, 0.4) is 0 Å². The second kappa shape index (κ2) is 11.7. The number of fused-ring (bicyclic) bond motifs is 1.